The molecule has 1 unspecified atom stereocenters. The van der Waals surface area contributed by atoms with Crippen LogP contribution >= 0.6 is 11.6 Å². The molecule has 2 heterocycles. The molecule has 1 saturated heterocycles. The average Bonchev–Trinajstić information content (AvgIpc) is 2.81. The summed E-state index contributed by atoms with van der Waals surface area (Å²) in [6.45, 7) is 2.41. The first-order valence-electron chi connectivity index (χ1n) is 10.8. The maximum atomic E-state index is 10.3. The van der Waals surface area contributed by atoms with Crippen LogP contribution in [0.4, 0.5) is 17.5 Å². The maximum absolute atomic E-state index is 10.3. The zero-order valence-electron chi connectivity index (χ0n) is 18.0. The number of anilines is 3. The SMILES string of the molecule is CN1CCC(Oc2ccc(Nc3nccc(NCC(O)c4ccccc4)n3)cc2Cl)CC1. The van der Waals surface area contributed by atoms with E-state index >= 15 is 0 Å². The molecule has 0 saturated carbocycles. The molecule has 3 N–H and O–H groups in total. The normalized spacial score (nSPS) is 15.8. The summed E-state index contributed by atoms with van der Waals surface area (Å²) in [6.07, 6.45) is 3.23. The summed E-state index contributed by atoms with van der Waals surface area (Å²) in [7, 11) is 2.13. The Morgan fingerprint density at radius 2 is 1.94 bits per heavy atom. The van der Waals surface area contributed by atoms with Crippen molar-refractivity contribution < 1.29 is 9.84 Å². The predicted octanol–water partition coefficient (Wildman–Crippen LogP) is 4.49. The molecule has 32 heavy (non-hydrogen) atoms. The number of nitrogens with zero attached hydrogens (tertiary/aromatic N) is 3. The summed E-state index contributed by atoms with van der Waals surface area (Å²) < 4.78 is 6.10. The lowest BCUT2D eigenvalue weighted by Gasteiger charge is -2.29. The third-order valence-electron chi connectivity index (χ3n) is 5.46. The van der Waals surface area contributed by atoms with Gasteiger partial charge in [-0.05, 0) is 49.7 Å². The van der Waals surface area contributed by atoms with Gasteiger partial charge in [-0.3, -0.25) is 0 Å². The molecule has 0 radical (unpaired) electrons. The first kappa shape index (κ1) is 22.3. The summed E-state index contributed by atoms with van der Waals surface area (Å²) in [4.78, 5) is 11.0. The standard InChI is InChI=1S/C24H28ClN5O2/c1-30-13-10-19(11-14-30)32-22-8-7-18(15-20(22)25)28-24-26-12-9-23(29-24)27-16-21(31)17-5-3-2-4-6-17/h2-9,12,15,19,21,31H,10-11,13-14,16H2,1H3,(H2,26,27,28,29). The smallest absolute Gasteiger partial charge is 0.229 e. The summed E-state index contributed by atoms with van der Waals surface area (Å²) in [6, 6.07) is 16.9. The Labute approximate surface area is 193 Å². The van der Waals surface area contributed by atoms with E-state index in [1.54, 1.807) is 12.3 Å². The van der Waals surface area contributed by atoms with E-state index in [4.69, 9.17) is 16.3 Å². The van der Waals surface area contributed by atoms with E-state index in [9.17, 15) is 5.11 Å². The number of likely N-dealkylation sites (tertiary alicyclic amines) is 1. The van der Waals surface area contributed by atoms with E-state index in [1.807, 2.05) is 48.5 Å². The fraction of sp³-hybridized carbons (Fsp3) is 0.333. The van der Waals surface area contributed by atoms with E-state index < -0.39 is 6.10 Å². The van der Waals surface area contributed by atoms with Crippen LogP contribution in [0.5, 0.6) is 5.75 Å². The zero-order chi connectivity index (χ0) is 22.3. The van der Waals surface area contributed by atoms with Gasteiger partial charge >= 0.3 is 0 Å². The van der Waals surface area contributed by atoms with E-state index in [0.717, 1.165) is 37.2 Å². The lowest BCUT2D eigenvalue weighted by atomic mass is 10.1. The number of piperidine rings is 1. The number of benzene rings is 2. The van der Waals surface area contributed by atoms with Crippen LogP contribution in [-0.2, 0) is 0 Å². The molecule has 2 aromatic carbocycles. The highest BCUT2D eigenvalue weighted by atomic mass is 35.5. The number of nitrogens with one attached hydrogen (secondary N) is 2. The van der Waals surface area contributed by atoms with E-state index in [0.29, 0.717) is 29.1 Å². The summed E-state index contributed by atoms with van der Waals surface area (Å²) >= 11 is 6.46. The second-order valence-electron chi connectivity index (χ2n) is 7.96. The molecular formula is C24H28ClN5O2. The second-order valence-corrected chi connectivity index (χ2v) is 8.37. The van der Waals surface area contributed by atoms with Crippen LogP contribution in [0.2, 0.25) is 5.02 Å². The third kappa shape index (κ3) is 6.09. The molecule has 1 aromatic heterocycles. The number of hydrogen-bond acceptors (Lipinski definition) is 7. The Bertz CT molecular complexity index is 1010. The molecule has 0 bridgehead atoms. The first-order chi connectivity index (χ1) is 15.6. The van der Waals surface area contributed by atoms with Gasteiger partial charge in [-0.1, -0.05) is 41.9 Å². The van der Waals surface area contributed by atoms with Gasteiger partial charge in [-0.25, -0.2) is 4.98 Å². The van der Waals surface area contributed by atoms with Crippen molar-refractivity contribution in [3.05, 3.63) is 71.4 Å². The van der Waals surface area contributed by atoms with Crippen molar-refractivity contribution in [3.8, 4) is 5.75 Å². The number of aromatic nitrogens is 2. The number of rotatable bonds is 8. The number of halogens is 1. The molecule has 4 rings (SSSR count). The number of aliphatic hydroxyl groups excluding tert-OH is 1. The van der Waals surface area contributed by atoms with Crippen LogP contribution in [0.1, 0.15) is 24.5 Å². The van der Waals surface area contributed by atoms with Crippen LogP contribution in [-0.4, -0.2) is 52.8 Å². The lowest BCUT2D eigenvalue weighted by molar-refractivity contribution is 0.114. The minimum atomic E-state index is -0.626. The van der Waals surface area contributed by atoms with Crippen molar-refractivity contribution in [2.45, 2.75) is 25.0 Å². The molecule has 0 amide bonds. The van der Waals surface area contributed by atoms with Crippen molar-refractivity contribution in [2.24, 2.45) is 0 Å². The van der Waals surface area contributed by atoms with Gasteiger partial charge in [0.25, 0.3) is 0 Å². The second kappa shape index (κ2) is 10.6. The lowest BCUT2D eigenvalue weighted by Crippen LogP contribution is -2.35. The highest BCUT2D eigenvalue weighted by Gasteiger charge is 2.19. The van der Waals surface area contributed by atoms with Gasteiger partial charge in [0.2, 0.25) is 5.95 Å². The fourth-order valence-corrected chi connectivity index (χ4v) is 3.82. The van der Waals surface area contributed by atoms with Crippen molar-refractivity contribution in [2.75, 3.05) is 37.3 Å². The van der Waals surface area contributed by atoms with E-state index in [-0.39, 0.29) is 6.10 Å². The molecule has 3 aromatic rings. The topological polar surface area (TPSA) is 82.5 Å². The molecule has 1 aliphatic heterocycles. The van der Waals surface area contributed by atoms with Crippen molar-refractivity contribution in [3.63, 3.8) is 0 Å². The van der Waals surface area contributed by atoms with Gasteiger partial charge in [0, 0.05) is 31.5 Å². The zero-order valence-corrected chi connectivity index (χ0v) is 18.8. The van der Waals surface area contributed by atoms with Crippen molar-refractivity contribution in [1.29, 1.82) is 0 Å². The van der Waals surface area contributed by atoms with Crippen molar-refractivity contribution in [1.82, 2.24) is 14.9 Å². The van der Waals surface area contributed by atoms with Gasteiger partial charge in [-0.2, -0.15) is 4.98 Å². The van der Waals surface area contributed by atoms with Gasteiger partial charge in [-0.15, -0.1) is 0 Å². The highest BCUT2D eigenvalue weighted by molar-refractivity contribution is 6.32. The summed E-state index contributed by atoms with van der Waals surface area (Å²) in [5.74, 6) is 1.74. The number of hydrogen-bond donors (Lipinski definition) is 3. The fourth-order valence-electron chi connectivity index (χ4n) is 3.60. The average molecular weight is 454 g/mol. The molecule has 1 fully saturated rings. The highest BCUT2D eigenvalue weighted by Crippen LogP contribution is 2.31. The monoisotopic (exact) mass is 453 g/mol. The quantitative estimate of drug-likeness (QED) is 0.463. The first-order valence-corrected chi connectivity index (χ1v) is 11.2. The Hall–Kier alpha value is -2.87. The number of ether oxygens (including phenoxy) is 1. The molecule has 168 valence electrons. The van der Waals surface area contributed by atoms with Crippen molar-refractivity contribution >= 4 is 29.1 Å². The number of aliphatic hydroxyl groups is 1. The summed E-state index contributed by atoms with van der Waals surface area (Å²) in [5, 5.41) is 17.2. The molecule has 1 aliphatic rings. The Kier molecular flexibility index (Phi) is 7.42. The van der Waals surface area contributed by atoms with Gasteiger partial charge in [0.05, 0.1) is 11.1 Å². The minimum absolute atomic E-state index is 0.194. The summed E-state index contributed by atoms with van der Waals surface area (Å²) in [5.41, 5.74) is 1.62. The predicted molar refractivity (Wildman–Crippen MR) is 128 cm³/mol. The maximum Gasteiger partial charge on any atom is 0.229 e. The van der Waals surface area contributed by atoms with Crippen LogP contribution in [0.15, 0.2) is 60.8 Å². The molecule has 8 heteroatoms. The van der Waals surface area contributed by atoms with E-state index in [1.165, 1.54) is 0 Å². The Balaban J connectivity index is 1.34. The molecule has 0 spiro atoms. The van der Waals surface area contributed by atoms with E-state index in [2.05, 4.69) is 32.5 Å². The molecule has 1 atom stereocenters. The molecule has 7 nitrogen and oxygen atoms in total. The van der Waals surface area contributed by atoms with Crippen LogP contribution in [0.3, 0.4) is 0 Å². The largest absolute Gasteiger partial charge is 0.489 e. The van der Waals surface area contributed by atoms with Gasteiger partial charge < -0.3 is 25.4 Å². The van der Waals surface area contributed by atoms with Gasteiger partial charge in [0.15, 0.2) is 0 Å². The van der Waals surface area contributed by atoms with Crippen LogP contribution in [0.25, 0.3) is 0 Å². The Morgan fingerprint density at radius 3 is 2.69 bits per heavy atom. The molecule has 0 aliphatic carbocycles. The Morgan fingerprint density at radius 1 is 1.16 bits per heavy atom. The van der Waals surface area contributed by atoms with Crippen LogP contribution in [0, 0.1) is 0 Å². The van der Waals surface area contributed by atoms with Gasteiger partial charge in [0.1, 0.15) is 17.7 Å². The minimum Gasteiger partial charge on any atom is -0.489 e. The van der Waals surface area contributed by atoms with Crippen LogP contribution < -0.4 is 15.4 Å². The third-order valence-corrected chi connectivity index (χ3v) is 5.76. The molecular weight excluding hydrogens is 426 g/mol.